The van der Waals surface area contributed by atoms with Gasteiger partial charge in [-0.1, -0.05) is 25.1 Å². The van der Waals surface area contributed by atoms with Crippen molar-refractivity contribution in [2.24, 2.45) is 0 Å². The van der Waals surface area contributed by atoms with Crippen molar-refractivity contribution in [3.05, 3.63) is 29.8 Å². The predicted octanol–water partition coefficient (Wildman–Crippen LogP) is 2.53. The Morgan fingerprint density at radius 3 is 2.69 bits per heavy atom. The second kappa shape index (κ2) is 6.28. The minimum absolute atomic E-state index is 0.0315. The molecular formula is C13H20N2O. The predicted molar refractivity (Wildman–Crippen MR) is 67.3 cm³/mol. The van der Waals surface area contributed by atoms with Crippen molar-refractivity contribution >= 4 is 11.6 Å². The van der Waals surface area contributed by atoms with Crippen LogP contribution in [0.4, 0.5) is 5.69 Å². The fraction of sp³-hybridized carbons (Fsp3) is 0.462. The van der Waals surface area contributed by atoms with Crippen LogP contribution in [0.1, 0.15) is 32.8 Å². The second-order valence-corrected chi connectivity index (χ2v) is 4.03. The molecule has 1 rings (SSSR count). The van der Waals surface area contributed by atoms with Crippen molar-refractivity contribution in [2.45, 2.75) is 39.8 Å². The summed E-state index contributed by atoms with van der Waals surface area (Å²) in [7, 11) is 0. The molecular weight excluding hydrogens is 200 g/mol. The van der Waals surface area contributed by atoms with Gasteiger partial charge < -0.3 is 10.6 Å². The molecule has 2 N–H and O–H groups in total. The van der Waals surface area contributed by atoms with Crippen molar-refractivity contribution in [3.63, 3.8) is 0 Å². The molecule has 0 radical (unpaired) electrons. The van der Waals surface area contributed by atoms with Gasteiger partial charge in [-0.3, -0.25) is 4.79 Å². The van der Waals surface area contributed by atoms with E-state index in [1.807, 2.05) is 24.3 Å². The maximum absolute atomic E-state index is 11.0. The van der Waals surface area contributed by atoms with Gasteiger partial charge in [0, 0.05) is 25.2 Å². The highest BCUT2D eigenvalue weighted by atomic mass is 16.1. The van der Waals surface area contributed by atoms with Crippen molar-refractivity contribution in [2.75, 3.05) is 5.32 Å². The molecule has 1 atom stereocenters. The minimum Gasteiger partial charge on any atom is -0.326 e. The molecule has 0 fully saturated rings. The number of benzene rings is 1. The Bertz CT molecular complexity index is 350. The third kappa shape index (κ3) is 4.03. The maximum Gasteiger partial charge on any atom is 0.221 e. The summed E-state index contributed by atoms with van der Waals surface area (Å²) in [4.78, 5) is 11.0. The van der Waals surface area contributed by atoms with Gasteiger partial charge in [-0.05, 0) is 25.0 Å². The molecule has 0 aliphatic heterocycles. The molecule has 16 heavy (non-hydrogen) atoms. The molecule has 0 saturated heterocycles. The van der Waals surface area contributed by atoms with Crippen LogP contribution in [0.2, 0.25) is 0 Å². The first-order valence-electron chi connectivity index (χ1n) is 5.72. The van der Waals surface area contributed by atoms with E-state index in [2.05, 4.69) is 24.5 Å². The zero-order valence-electron chi connectivity index (χ0n) is 10.2. The van der Waals surface area contributed by atoms with E-state index in [4.69, 9.17) is 0 Å². The third-order valence-electron chi connectivity index (χ3n) is 2.58. The summed E-state index contributed by atoms with van der Waals surface area (Å²) >= 11 is 0. The van der Waals surface area contributed by atoms with E-state index >= 15 is 0 Å². The number of nitrogens with one attached hydrogen (secondary N) is 2. The van der Waals surface area contributed by atoms with Gasteiger partial charge in [-0.25, -0.2) is 0 Å². The topological polar surface area (TPSA) is 41.1 Å². The normalized spacial score (nSPS) is 12.2. The van der Waals surface area contributed by atoms with E-state index in [1.54, 1.807) is 0 Å². The lowest BCUT2D eigenvalue weighted by atomic mass is 10.1. The lowest BCUT2D eigenvalue weighted by Crippen LogP contribution is -2.25. The summed E-state index contributed by atoms with van der Waals surface area (Å²) in [5.74, 6) is -0.0315. The van der Waals surface area contributed by atoms with Crippen LogP contribution in [0.3, 0.4) is 0 Å². The quantitative estimate of drug-likeness (QED) is 0.800. The minimum atomic E-state index is -0.0315. The number of carbonyl (C=O) groups excluding carboxylic acids is 1. The Labute approximate surface area is 97.2 Å². The summed E-state index contributed by atoms with van der Waals surface area (Å²) in [6, 6.07) is 8.36. The number of anilines is 1. The molecule has 0 aliphatic rings. The van der Waals surface area contributed by atoms with Gasteiger partial charge in [0.15, 0.2) is 0 Å². The van der Waals surface area contributed by atoms with Crippen molar-refractivity contribution < 1.29 is 4.79 Å². The van der Waals surface area contributed by atoms with Gasteiger partial charge >= 0.3 is 0 Å². The van der Waals surface area contributed by atoms with E-state index in [1.165, 1.54) is 6.92 Å². The second-order valence-electron chi connectivity index (χ2n) is 4.03. The molecule has 0 saturated carbocycles. The van der Waals surface area contributed by atoms with Crippen LogP contribution in [-0.2, 0) is 11.3 Å². The molecule has 0 bridgehead atoms. The largest absolute Gasteiger partial charge is 0.326 e. The zero-order chi connectivity index (χ0) is 12.0. The Morgan fingerprint density at radius 2 is 2.06 bits per heavy atom. The van der Waals surface area contributed by atoms with Crippen LogP contribution in [0.5, 0.6) is 0 Å². The van der Waals surface area contributed by atoms with Crippen molar-refractivity contribution in [1.82, 2.24) is 5.32 Å². The average Bonchev–Trinajstić information content (AvgIpc) is 2.26. The smallest absolute Gasteiger partial charge is 0.221 e. The molecule has 88 valence electrons. The first-order valence-corrected chi connectivity index (χ1v) is 5.72. The molecule has 1 aromatic rings. The van der Waals surface area contributed by atoms with Crippen LogP contribution in [0, 0.1) is 0 Å². The maximum atomic E-state index is 11.0. The standard InChI is InChI=1S/C13H20N2O/c1-4-10(2)14-9-12-7-5-6-8-13(12)15-11(3)16/h5-8,10,14H,4,9H2,1-3H3,(H,15,16). The van der Waals surface area contributed by atoms with Crippen LogP contribution in [-0.4, -0.2) is 11.9 Å². The first kappa shape index (κ1) is 12.7. The van der Waals surface area contributed by atoms with E-state index < -0.39 is 0 Å². The number of rotatable bonds is 5. The number of hydrogen-bond acceptors (Lipinski definition) is 2. The third-order valence-corrected chi connectivity index (χ3v) is 2.58. The monoisotopic (exact) mass is 220 g/mol. The summed E-state index contributed by atoms with van der Waals surface area (Å²) in [5.41, 5.74) is 2.02. The van der Waals surface area contributed by atoms with Crippen molar-refractivity contribution in [3.8, 4) is 0 Å². The Kier molecular flexibility index (Phi) is 4.99. The van der Waals surface area contributed by atoms with Crippen LogP contribution in [0.25, 0.3) is 0 Å². The zero-order valence-corrected chi connectivity index (χ0v) is 10.2. The average molecular weight is 220 g/mol. The first-order chi connectivity index (χ1) is 7.63. The van der Waals surface area contributed by atoms with Gasteiger partial charge in [-0.15, -0.1) is 0 Å². The Morgan fingerprint density at radius 1 is 1.38 bits per heavy atom. The van der Waals surface area contributed by atoms with E-state index in [0.29, 0.717) is 6.04 Å². The highest BCUT2D eigenvalue weighted by Gasteiger charge is 2.04. The molecule has 1 amide bonds. The van der Waals surface area contributed by atoms with Crippen LogP contribution < -0.4 is 10.6 Å². The van der Waals surface area contributed by atoms with E-state index in [0.717, 1.165) is 24.2 Å². The fourth-order valence-electron chi connectivity index (χ4n) is 1.41. The fourth-order valence-corrected chi connectivity index (χ4v) is 1.41. The molecule has 0 aliphatic carbocycles. The number of carbonyl (C=O) groups is 1. The van der Waals surface area contributed by atoms with Gasteiger partial charge in [0.05, 0.1) is 0 Å². The lowest BCUT2D eigenvalue weighted by molar-refractivity contribution is -0.114. The van der Waals surface area contributed by atoms with Crippen LogP contribution >= 0.6 is 0 Å². The molecule has 1 aromatic carbocycles. The SMILES string of the molecule is CCC(C)NCc1ccccc1NC(C)=O. The van der Waals surface area contributed by atoms with E-state index in [9.17, 15) is 4.79 Å². The molecule has 0 aromatic heterocycles. The van der Waals surface area contributed by atoms with Gasteiger partial charge in [-0.2, -0.15) is 0 Å². The summed E-state index contributed by atoms with van der Waals surface area (Å²) in [5, 5.41) is 6.25. The molecule has 3 heteroatoms. The summed E-state index contributed by atoms with van der Waals surface area (Å²) in [6.07, 6.45) is 1.10. The molecule has 3 nitrogen and oxygen atoms in total. The highest BCUT2D eigenvalue weighted by Crippen LogP contribution is 2.14. The number of hydrogen-bond donors (Lipinski definition) is 2. The van der Waals surface area contributed by atoms with Crippen molar-refractivity contribution in [1.29, 1.82) is 0 Å². The Hall–Kier alpha value is -1.35. The highest BCUT2D eigenvalue weighted by molar-refractivity contribution is 5.89. The number of amides is 1. The molecule has 1 unspecified atom stereocenters. The van der Waals surface area contributed by atoms with E-state index in [-0.39, 0.29) is 5.91 Å². The summed E-state index contributed by atoms with van der Waals surface area (Å²) in [6.45, 7) is 6.61. The molecule has 0 spiro atoms. The number of para-hydroxylation sites is 1. The van der Waals surface area contributed by atoms with Gasteiger partial charge in [0.2, 0.25) is 5.91 Å². The lowest BCUT2D eigenvalue weighted by Gasteiger charge is -2.14. The van der Waals surface area contributed by atoms with Gasteiger partial charge in [0.25, 0.3) is 0 Å². The van der Waals surface area contributed by atoms with Gasteiger partial charge in [0.1, 0.15) is 0 Å². The molecule has 0 heterocycles. The summed E-state index contributed by atoms with van der Waals surface area (Å²) < 4.78 is 0. The van der Waals surface area contributed by atoms with Crippen LogP contribution in [0.15, 0.2) is 24.3 Å². The Balaban J connectivity index is 2.67.